The lowest BCUT2D eigenvalue weighted by molar-refractivity contribution is 0.0290. The summed E-state index contributed by atoms with van der Waals surface area (Å²) in [4.78, 5) is 11.9. The maximum absolute atomic E-state index is 11.9. The van der Waals surface area contributed by atoms with Crippen LogP contribution in [0.4, 0.5) is 0 Å². The number of hydrogen-bond acceptors (Lipinski definition) is 4. The summed E-state index contributed by atoms with van der Waals surface area (Å²) in [5.41, 5.74) is 0.763. The molecule has 0 spiro atoms. The zero-order valence-corrected chi connectivity index (χ0v) is 9.72. The van der Waals surface area contributed by atoms with Gasteiger partial charge in [0.15, 0.2) is 0 Å². The van der Waals surface area contributed by atoms with Crippen LogP contribution in [0.25, 0.3) is 0 Å². The van der Waals surface area contributed by atoms with Crippen molar-refractivity contribution in [3.63, 3.8) is 0 Å². The van der Waals surface area contributed by atoms with Crippen LogP contribution in [-0.2, 0) is 4.74 Å². The second-order valence-electron chi connectivity index (χ2n) is 4.59. The number of rotatable bonds is 4. The standard InChI is InChI=1S/C13H16O4/c1-9-4-2-3-5-10(9)12(16)17-11-6-13(11,7-14)8-15/h2-5,11,14-15H,6-8H2,1H3. The maximum atomic E-state index is 11.9. The molecule has 0 aliphatic heterocycles. The lowest BCUT2D eigenvalue weighted by atomic mass is 10.1. The monoisotopic (exact) mass is 236 g/mol. The van der Waals surface area contributed by atoms with E-state index in [1.807, 2.05) is 19.1 Å². The van der Waals surface area contributed by atoms with Crippen molar-refractivity contribution in [2.75, 3.05) is 13.2 Å². The van der Waals surface area contributed by atoms with E-state index in [1.165, 1.54) is 0 Å². The van der Waals surface area contributed by atoms with E-state index in [0.29, 0.717) is 12.0 Å². The van der Waals surface area contributed by atoms with Crippen molar-refractivity contribution < 1.29 is 19.7 Å². The molecule has 2 rings (SSSR count). The number of esters is 1. The van der Waals surface area contributed by atoms with Crippen molar-refractivity contribution in [2.24, 2.45) is 5.41 Å². The molecular formula is C13H16O4. The van der Waals surface area contributed by atoms with E-state index < -0.39 is 11.4 Å². The Bertz CT molecular complexity index is 423. The molecule has 17 heavy (non-hydrogen) atoms. The second-order valence-corrected chi connectivity index (χ2v) is 4.59. The van der Waals surface area contributed by atoms with Gasteiger partial charge in [-0.15, -0.1) is 0 Å². The lowest BCUT2D eigenvalue weighted by Crippen LogP contribution is -2.21. The number of ether oxygens (including phenoxy) is 1. The largest absolute Gasteiger partial charge is 0.458 e. The minimum absolute atomic E-state index is 0.158. The molecule has 0 aromatic heterocycles. The van der Waals surface area contributed by atoms with Gasteiger partial charge in [-0.3, -0.25) is 0 Å². The van der Waals surface area contributed by atoms with Gasteiger partial charge in [-0.25, -0.2) is 4.79 Å². The number of aliphatic hydroxyl groups is 2. The third-order valence-corrected chi connectivity index (χ3v) is 3.36. The third-order valence-electron chi connectivity index (χ3n) is 3.36. The van der Waals surface area contributed by atoms with Crippen LogP contribution in [0.15, 0.2) is 24.3 Å². The molecule has 1 aliphatic rings. The van der Waals surface area contributed by atoms with E-state index in [-0.39, 0.29) is 19.3 Å². The Labute approximate surface area is 99.8 Å². The van der Waals surface area contributed by atoms with Gasteiger partial charge in [-0.05, 0) is 25.0 Å². The molecule has 1 aromatic rings. The van der Waals surface area contributed by atoms with Crippen LogP contribution in [0, 0.1) is 12.3 Å². The van der Waals surface area contributed by atoms with Crippen LogP contribution in [0.5, 0.6) is 0 Å². The molecule has 0 bridgehead atoms. The van der Waals surface area contributed by atoms with Gasteiger partial charge >= 0.3 is 5.97 Å². The van der Waals surface area contributed by atoms with E-state index in [0.717, 1.165) is 5.56 Å². The molecule has 2 N–H and O–H groups in total. The Morgan fingerprint density at radius 2 is 2.06 bits per heavy atom. The van der Waals surface area contributed by atoms with Gasteiger partial charge in [-0.2, -0.15) is 0 Å². The van der Waals surface area contributed by atoms with Crippen molar-refractivity contribution >= 4 is 5.97 Å². The Morgan fingerprint density at radius 1 is 1.41 bits per heavy atom. The van der Waals surface area contributed by atoms with E-state index in [9.17, 15) is 4.79 Å². The van der Waals surface area contributed by atoms with Gasteiger partial charge in [0, 0.05) is 0 Å². The quantitative estimate of drug-likeness (QED) is 0.762. The molecule has 0 radical (unpaired) electrons. The Morgan fingerprint density at radius 3 is 2.59 bits per heavy atom. The molecule has 1 unspecified atom stereocenters. The number of benzene rings is 1. The highest BCUT2D eigenvalue weighted by atomic mass is 16.6. The predicted octanol–water partition coefficient (Wildman–Crippen LogP) is 0.895. The molecule has 0 heterocycles. The normalized spacial score (nSPS) is 21.0. The Hall–Kier alpha value is -1.39. The van der Waals surface area contributed by atoms with E-state index in [1.54, 1.807) is 12.1 Å². The second kappa shape index (κ2) is 4.47. The van der Waals surface area contributed by atoms with Crippen LogP contribution < -0.4 is 0 Å². The third kappa shape index (κ3) is 2.18. The molecule has 1 saturated carbocycles. The van der Waals surface area contributed by atoms with Gasteiger partial charge in [-0.1, -0.05) is 18.2 Å². The summed E-state index contributed by atoms with van der Waals surface area (Å²) in [5.74, 6) is -0.392. The number of carbonyl (C=O) groups excluding carboxylic acids is 1. The van der Waals surface area contributed by atoms with Gasteiger partial charge in [0.2, 0.25) is 0 Å². The number of aliphatic hydroxyl groups excluding tert-OH is 2. The molecule has 0 amide bonds. The molecular weight excluding hydrogens is 220 g/mol. The molecule has 1 aliphatic carbocycles. The van der Waals surface area contributed by atoms with Gasteiger partial charge in [0.05, 0.1) is 24.2 Å². The average Bonchev–Trinajstić information content (AvgIpc) is 3.03. The fourth-order valence-corrected chi connectivity index (χ4v) is 1.85. The molecule has 1 atom stereocenters. The first kappa shape index (κ1) is 12.1. The zero-order chi connectivity index (χ0) is 12.5. The lowest BCUT2D eigenvalue weighted by Gasteiger charge is -2.11. The highest BCUT2D eigenvalue weighted by molar-refractivity contribution is 5.91. The van der Waals surface area contributed by atoms with Gasteiger partial charge in [0.1, 0.15) is 6.10 Å². The first-order valence-corrected chi connectivity index (χ1v) is 5.61. The van der Waals surface area contributed by atoms with E-state index in [4.69, 9.17) is 14.9 Å². The summed E-state index contributed by atoms with van der Waals surface area (Å²) < 4.78 is 5.27. The van der Waals surface area contributed by atoms with Crippen LogP contribution in [0.2, 0.25) is 0 Å². The average molecular weight is 236 g/mol. The van der Waals surface area contributed by atoms with Crippen LogP contribution in [-0.4, -0.2) is 35.5 Å². The van der Waals surface area contributed by atoms with Crippen molar-refractivity contribution in [3.05, 3.63) is 35.4 Å². The summed E-state index contributed by atoms with van der Waals surface area (Å²) >= 11 is 0. The van der Waals surface area contributed by atoms with E-state index >= 15 is 0 Å². The number of hydrogen-bond donors (Lipinski definition) is 2. The minimum Gasteiger partial charge on any atom is -0.458 e. The van der Waals surface area contributed by atoms with Crippen molar-refractivity contribution in [1.82, 2.24) is 0 Å². The molecule has 4 heteroatoms. The number of aryl methyl sites for hydroxylation is 1. The fraction of sp³-hybridized carbons (Fsp3) is 0.462. The summed E-state index contributed by atoms with van der Waals surface area (Å²) in [7, 11) is 0. The van der Waals surface area contributed by atoms with Gasteiger partial charge in [0.25, 0.3) is 0 Å². The van der Waals surface area contributed by atoms with Crippen molar-refractivity contribution in [1.29, 1.82) is 0 Å². The minimum atomic E-state index is -0.627. The Kier molecular flexibility index (Phi) is 3.17. The summed E-state index contributed by atoms with van der Waals surface area (Å²) in [6.45, 7) is 1.53. The molecule has 0 saturated heterocycles. The SMILES string of the molecule is Cc1ccccc1C(=O)OC1CC1(CO)CO. The van der Waals surface area contributed by atoms with Crippen LogP contribution >= 0.6 is 0 Å². The predicted molar refractivity (Wildman–Crippen MR) is 61.6 cm³/mol. The Balaban J connectivity index is 2.03. The van der Waals surface area contributed by atoms with Gasteiger partial charge < -0.3 is 14.9 Å². The molecule has 1 aromatic carbocycles. The smallest absolute Gasteiger partial charge is 0.338 e. The highest BCUT2D eigenvalue weighted by Crippen LogP contribution is 2.47. The topological polar surface area (TPSA) is 66.8 Å². The van der Waals surface area contributed by atoms with Crippen molar-refractivity contribution in [3.8, 4) is 0 Å². The first-order chi connectivity index (χ1) is 8.13. The fourth-order valence-electron chi connectivity index (χ4n) is 1.85. The molecule has 92 valence electrons. The van der Waals surface area contributed by atoms with Crippen molar-refractivity contribution in [2.45, 2.75) is 19.4 Å². The summed E-state index contributed by atoms with van der Waals surface area (Å²) in [6.07, 6.45) is 0.155. The molecule has 4 nitrogen and oxygen atoms in total. The molecule has 1 fully saturated rings. The first-order valence-electron chi connectivity index (χ1n) is 5.61. The zero-order valence-electron chi connectivity index (χ0n) is 9.72. The van der Waals surface area contributed by atoms with Crippen LogP contribution in [0.1, 0.15) is 22.3 Å². The van der Waals surface area contributed by atoms with E-state index in [2.05, 4.69) is 0 Å². The summed E-state index contributed by atoms with van der Waals surface area (Å²) in [5, 5.41) is 18.2. The highest BCUT2D eigenvalue weighted by Gasteiger charge is 2.56. The summed E-state index contributed by atoms with van der Waals surface area (Å²) in [6, 6.07) is 7.19. The maximum Gasteiger partial charge on any atom is 0.338 e. The van der Waals surface area contributed by atoms with Crippen LogP contribution in [0.3, 0.4) is 0 Å². The number of carbonyl (C=O) groups is 1.